The van der Waals surface area contributed by atoms with Crippen LogP contribution < -0.4 is 10.5 Å². The lowest BCUT2D eigenvalue weighted by atomic mass is 9.77. The summed E-state index contributed by atoms with van der Waals surface area (Å²) >= 11 is 0. The first-order valence-corrected chi connectivity index (χ1v) is 12.2. The topological polar surface area (TPSA) is 112 Å². The molecule has 2 bridgehead atoms. The highest BCUT2D eigenvalue weighted by atomic mass is 19.3. The summed E-state index contributed by atoms with van der Waals surface area (Å²) in [6, 6.07) is 8.07. The number of rotatable bonds is 4. The smallest absolute Gasteiger partial charge is 0.387 e. The molecule has 4 heterocycles. The van der Waals surface area contributed by atoms with Crippen LogP contribution in [-0.2, 0) is 5.54 Å². The number of halogens is 2. The molecule has 0 radical (unpaired) electrons. The van der Waals surface area contributed by atoms with Gasteiger partial charge in [-0.25, -0.2) is 19.5 Å². The highest BCUT2D eigenvalue weighted by Crippen LogP contribution is 2.52. The molecule has 0 saturated heterocycles. The van der Waals surface area contributed by atoms with E-state index in [1.807, 2.05) is 12.1 Å². The zero-order chi connectivity index (χ0) is 25.5. The molecule has 2 aliphatic carbocycles. The van der Waals surface area contributed by atoms with E-state index in [1.165, 1.54) is 6.07 Å². The predicted molar refractivity (Wildman–Crippen MR) is 128 cm³/mol. The summed E-state index contributed by atoms with van der Waals surface area (Å²) in [5.41, 5.74) is 10.1. The fraction of sp³-hybridized carbons (Fsp3) is 0.346. The first kappa shape index (κ1) is 22.2. The predicted octanol–water partition coefficient (Wildman–Crippen LogP) is 3.79. The molecule has 0 spiro atoms. The number of fused-ring (bicyclic) bond motifs is 9. The molecule has 11 heteroatoms. The number of benzene rings is 1. The molecule has 188 valence electrons. The van der Waals surface area contributed by atoms with Crippen molar-refractivity contribution in [2.24, 2.45) is 5.73 Å². The largest absolute Gasteiger partial charge is 0.434 e. The lowest BCUT2D eigenvalue weighted by Crippen LogP contribution is -2.44. The number of imidazole rings is 1. The van der Waals surface area contributed by atoms with Crippen molar-refractivity contribution in [1.29, 1.82) is 0 Å². The zero-order valence-electron chi connectivity index (χ0n) is 19.9. The van der Waals surface area contributed by atoms with Crippen molar-refractivity contribution in [1.82, 2.24) is 29.5 Å². The summed E-state index contributed by atoms with van der Waals surface area (Å²) in [7, 11) is 1.71. The number of hydrogen-bond donors (Lipinski definition) is 1. The number of aromatic nitrogens is 5. The van der Waals surface area contributed by atoms with Crippen molar-refractivity contribution >= 4 is 11.6 Å². The maximum atomic E-state index is 13.3. The van der Waals surface area contributed by atoms with E-state index >= 15 is 0 Å². The Bertz CT molecular complexity index is 1570. The molecule has 2 N–H and O–H groups in total. The standard InChI is InChI=1S/C26H23F2N7O2/c1-34-17-10-15(20-14(23(34)36)4-2-5-18(20)37-25(27)28)22-21(17)32-19-7-6-16(33-35(19)22)13-11-30-24(31-12-13)26(29)8-3-9-26/h2,4-7,11-12,15,17,25H,3,8-10,29H2,1H3. The number of amides is 1. The molecule has 1 amide bonds. The van der Waals surface area contributed by atoms with E-state index in [2.05, 4.69) is 9.97 Å². The van der Waals surface area contributed by atoms with Gasteiger partial charge in [0.1, 0.15) is 11.6 Å². The maximum absolute atomic E-state index is 13.3. The Labute approximate surface area is 210 Å². The number of carbonyl (C=O) groups excluding carboxylic acids is 1. The van der Waals surface area contributed by atoms with Gasteiger partial charge in [0.05, 0.1) is 28.7 Å². The van der Waals surface area contributed by atoms with Crippen molar-refractivity contribution in [3.05, 3.63) is 71.1 Å². The summed E-state index contributed by atoms with van der Waals surface area (Å²) in [6.07, 6.45) is 6.76. The molecule has 3 aliphatic rings. The minimum atomic E-state index is -3.01. The number of nitrogens with zero attached hydrogens (tertiary/aromatic N) is 6. The van der Waals surface area contributed by atoms with Crippen LogP contribution in [0.3, 0.4) is 0 Å². The number of alkyl halides is 2. The molecule has 9 nitrogen and oxygen atoms in total. The Morgan fingerprint density at radius 3 is 2.65 bits per heavy atom. The van der Waals surface area contributed by atoms with Gasteiger partial charge in [-0.05, 0) is 49.9 Å². The first-order chi connectivity index (χ1) is 17.8. The van der Waals surface area contributed by atoms with Gasteiger partial charge in [-0.3, -0.25) is 4.79 Å². The van der Waals surface area contributed by atoms with Crippen LogP contribution in [0.4, 0.5) is 8.78 Å². The van der Waals surface area contributed by atoms with Gasteiger partial charge in [0.2, 0.25) is 0 Å². The summed E-state index contributed by atoms with van der Waals surface area (Å²) in [5, 5.41) is 4.85. The normalized spacial score (nSPS) is 21.5. The van der Waals surface area contributed by atoms with Gasteiger partial charge in [0.25, 0.3) is 5.91 Å². The Kier molecular flexibility index (Phi) is 4.66. The quantitative estimate of drug-likeness (QED) is 0.451. The van der Waals surface area contributed by atoms with Gasteiger partial charge < -0.3 is 15.4 Å². The average molecular weight is 504 g/mol. The molecule has 1 saturated carbocycles. The average Bonchev–Trinajstić information content (AvgIpc) is 3.40. The molecule has 3 aromatic heterocycles. The van der Waals surface area contributed by atoms with Gasteiger partial charge in [-0.1, -0.05) is 6.07 Å². The zero-order valence-corrected chi connectivity index (χ0v) is 19.9. The summed E-state index contributed by atoms with van der Waals surface area (Å²) in [6.45, 7) is -3.01. The van der Waals surface area contributed by atoms with Gasteiger partial charge in [-0.2, -0.15) is 13.9 Å². The molecule has 2 atom stereocenters. The van der Waals surface area contributed by atoms with Gasteiger partial charge in [-0.15, -0.1) is 0 Å². The molecule has 1 aliphatic heterocycles. The van der Waals surface area contributed by atoms with E-state index < -0.39 is 18.1 Å². The lowest BCUT2D eigenvalue weighted by molar-refractivity contribution is -0.0506. The first-order valence-electron chi connectivity index (χ1n) is 12.2. The van der Waals surface area contributed by atoms with E-state index in [0.717, 1.165) is 30.5 Å². The third-order valence-electron chi connectivity index (χ3n) is 7.93. The Balaban J connectivity index is 1.37. The van der Waals surface area contributed by atoms with E-state index in [-0.39, 0.29) is 17.7 Å². The molecule has 7 rings (SSSR count). The van der Waals surface area contributed by atoms with Crippen LogP contribution in [0.15, 0.2) is 42.7 Å². The molecule has 2 unspecified atom stereocenters. The third kappa shape index (κ3) is 3.19. The minimum absolute atomic E-state index is 0.00504. The number of nitrogens with two attached hydrogens (primary N) is 1. The highest BCUT2D eigenvalue weighted by Gasteiger charge is 2.46. The van der Waals surface area contributed by atoms with E-state index in [1.54, 1.807) is 41.0 Å². The second-order valence-corrected chi connectivity index (χ2v) is 9.99. The highest BCUT2D eigenvalue weighted by molar-refractivity contribution is 5.98. The van der Waals surface area contributed by atoms with Crippen molar-refractivity contribution < 1.29 is 18.3 Å². The van der Waals surface area contributed by atoms with E-state index in [9.17, 15) is 13.6 Å². The summed E-state index contributed by atoms with van der Waals surface area (Å²) < 4.78 is 33.2. The maximum Gasteiger partial charge on any atom is 0.387 e. The Morgan fingerprint density at radius 2 is 1.95 bits per heavy atom. The van der Waals surface area contributed by atoms with Gasteiger partial charge >= 0.3 is 6.61 Å². The van der Waals surface area contributed by atoms with Gasteiger partial charge in [0.15, 0.2) is 5.65 Å². The Morgan fingerprint density at radius 1 is 1.16 bits per heavy atom. The van der Waals surface area contributed by atoms with Crippen LogP contribution >= 0.6 is 0 Å². The molecular formula is C26H23F2N7O2. The van der Waals surface area contributed by atoms with Crippen LogP contribution in [0.25, 0.3) is 16.9 Å². The van der Waals surface area contributed by atoms with Crippen LogP contribution in [0.5, 0.6) is 5.75 Å². The van der Waals surface area contributed by atoms with Gasteiger partial charge in [0, 0.05) is 42.0 Å². The molecule has 4 aromatic rings. The van der Waals surface area contributed by atoms with Crippen LogP contribution in [0.1, 0.15) is 70.8 Å². The summed E-state index contributed by atoms with van der Waals surface area (Å²) in [5.74, 6) is -0.0199. The van der Waals surface area contributed by atoms with Crippen molar-refractivity contribution in [2.45, 2.75) is 49.8 Å². The second-order valence-electron chi connectivity index (χ2n) is 9.99. The number of hydrogen-bond acceptors (Lipinski definition) is 7. The van der Waals surface area contributed by atoms with Crippen LogP contribution in [0, 0.1) is 0 Å². The van der Waals surface area contributed by atoms with E-state index in [0.29, 0.717) is 40.4 Å². The monoisotopic (exact) mass is 503 g/mol. The fourth-order valence-corrected chi connectivity index (χ4v) is 5.85. The third-order valence-corrected chi connectivity index (χ3v) is 7.93. The van der Waals surface area contributed by atoms with E-state index in [4.69, 9.17) is 20.6 Å². The second kappa shape index (κ2) is 7.75. The molecule has 37 heavy (non-hydrogen) atoms. The minimum Gasteiger partial charge on any atom is -0.434 e. The van der Waals surface area contributed by atoms with Crippen molar-refractivity contribution in [2.75, 3.05) is 7.05 Å². The number of carbonyl (C=O) groups is 1. The molecular weight excluding hydrogens is 480 g/mol. The van der Waals surface area contributed by atoms with Crippen LogP contribution in [-0.4, -0.2) is 49.0 Å². The SMILES string of the molecule is CN1C(=O)c2cccc(OC(F)F)c2C2CC1c1nc3ccc(-c4cnc(C5(N)CCC5)nc4)nn3c12. The molecule has 1 aromatic carbocycles. The molecule has 1 fully saturated rings. The van der Waals surface area contributed by atoms with Crippen LogP contribution in [0.2, 0.25) is 0 Å². The van der Waals surface area contributed by atoms with Crippen molar-refractivity contribution in [3.63, 3.8) is 0 Å². The summed E-state index contributed by atoms with van der Waals surface area (Å²) in [4.78, 5) is 28.7. The Hall–Kier alpha value is -3.99. The number of ether oxygens (including phenoxy) is 1. The fourth-order valence-electron chi connectivity index (χ4n) is 5.85. The van der Waals surface area contributed by atoms with Crippen molar-refractivity contribution in [3.8, 4) is 17.0 Å². The lowest BCUT2D eigenvalue weighted by Gasteiger charge is -2.36.